The third-order valence-corrected chi connectivity index (χ3v) is 8.67. The molecule has 1 N–H and O–H groups in total. The molecule has 1 unspecified atom stereocenters. The van der Waals surface area contributed by atoms with Gasteiger partial charge in [0.05, 0.1) is 24.3 Å². The molecule has 0 bridgehead atoms. The van der Waals surface area contributed by atoms with E-state index >= 15 is 0 Å². The van der Waals surface area contributed by atoms with Gasteiger partial charge in [0, 0.05) is 13.1 Å². The van der Waals surface area contributed by atoms with Crippen molar-refractivity contribution in [3.63, 3.8) is 0 Å². The molecule has 232 valence electrons. The molecule has 3 rings (SSSR count). The minimum atomic E-state index is -4.16. The molecule has 0 saturated heterocycles. The Balaban J connectivity index is 2.06. The van der Waals surface area contributed by atoms with Crippen LogP contribution >= 0.6 is 0 Å². The van der Waals surface area contributed by atoms with E-state index in [1.807, 2.05) is 46.8 Å². The number of methoxy groups -OCH3 is 1. The Kier molecular flexibility index (Phi) is 12.0. The zero-order chi connectivity index (χ0) is 31.6. The number of ether oxygens (including phenoxy) is 2. The third kappa shape index (κ3) is 8.97. The number of nitrogens with zero attached hydrogens (tertiary/aromatic N) is 2. The van der Waals surface area contributed by atoms with E-state index in [9.17, 15) is 18.0 Å². The van der Waals surface area contributed by atoms with Crippen molar-refractivity contribution >= 4 is 27.5 Å². The van der Waals surface area contributed by atoms with Gasteiger partial charge < -0.3 is 19.7 Å². The topological polar surface area (TPSA) is 105 Å². The maximum Gasteiger partial charge on any atom is 0.264 e. The van der Waals surface area contributed by atoms with Crippen LogP contribution in [0.1, 0.15) is 45.2 Å². The highest BCUT2D eigenvalue weighted by molar-refractivity contribution is 7.92. The number of amides is 2. The molecule has 10 heteroatoms. The quantitative estimate of drug-likeness (QED) is 0.255. The molecule has 2 amide bonds. The second-order valence-corrected chi connectivity index (χ2v) is 12.6. The van der Waals surface area contributed by atoms with Crippen LogP contribution in [0.2, 0.25) is 0 Å². The van der Waals surface area contributed by atoms with Crippen LogP contribution in [-0.4, -0.2) is 58.0 Å². The van der Waals surface area contributed by atoms with Crippen molar-refractivity contribution in [3.05, 3.63) is 83.9 Å². The van der Waals surface area contributed by atoms with Crippen LogP contribution in [0, 0.1) is 12.8 Å². The molecule has 9 nitrogen and oxygen atoms in total. The second kappa shape index (κ2) is 15.4. The van der Waals surface area contributed by atoms with Crippen LogP contribution in [0.15, 0.2) is 77.7 Å². The SMILES string of the molecule is CCOc1ccc(N(CC(=O)N(Cc2cccc(OC)c2)C(CC)C(=O)NCC(C)C)S(=O)(=O)c2ccc(C)cc2)cc1. The largest absolute Gasteiger partial charge is 0.497 e. The molecule has 0 aromatic heterocycles. The first-order valence-corrected chi connectivity index (χ1v) is 16.0. The fourth-order valence-corrected chi connectivity index (χ4v) is 5.97. The summed E-state index contributed by atoms with van der Waals surface area (Å²) in [6.45, 7) is 10.0. The number of benzene rings is 3. The fraction of sp³-hybridized carbons (Fsp3) is 0.394. The summed E-state index contributed by atoms with van der Waals surface area (Å²) >= 11 is 0. The van der Waals surface area contributed by atoms with Crippen molar-refractivity contribution in [2.45, 2.75) is 58.5 Å². The zero-order valence-corrected chi connectivity index (χ0v) is 26.7. The summed E-state index contributed by atoms with van der Waals surface area (Å²) in [6, 6.07) is 19.5. The van der Waals surface area contributed by atoms with Gasteiger partial charge in [-0.15, -0.1) is 0 Å². The van der Waals surface area contributed by atoms with Gasteiger partial charge in [-0.1, -0.05) is 50.6 Å². The lowest BCUT2D eigenvalue weighted by molar-refractivity contribution is -0.140. The summed E-state index contributed by atoms with van der Waals surface area (Å²) in [6.07, 6.45) is 0.341. The predicted octanol–water partition coefficient (Wildman–Crippen LogP) is 5.18. The maximum atomic E-state index is 14.2. The van der Waals surface area contributed by atoms with Gasteiger partial charge in [0.2, 0.25) is 11.8 Å². The van der Waals surface area contributed by atoms with E-state index in [0.29, 0.717) is 36.8 Å². The van der Waals surface area contributed by atoms with Gasteiger partial charge in [-0.3, -0.25) is 13.9 Å². The molecule has 0 fully saturated rings. The Morgan fingerprint density at radius 1 is 0.930 bits per heavy atom. The number of sulfonamides is 1. The minimum Gasteiger partial charge on any atom is -0.497 e. The highest BCUT2D eigenvalue weighted by Crippen LogP contribution is 2.27. The van der Waals surface area contributed by atoms with Gasteiger partial charge in [-0.25, -0.2) is 8.42 Å². The Labute approximate surface area is 255 Å². The van der Waals surface area contributed by atoms with E-state index < -0.39 is 28.5 Å². The number of hydrogen-bond acceptors (Lipinski definition) is 6. The molecule has 0 spiro atoms. The highest BCUT2D eigenvalue weighted by Gasteiger charge is 2.33. The lowest BCUT2D eigenvalue weighted by atomic mass is 10.1. The summed E-state index contributed by atoms with van der Waals surface area (Å²) in [5.74, 6) is 0.608. The first-order chi connectivity index (χ1) is 20.5. The van der Waals surface area contributed by atoms with Crippen molar-refractivity contribution in [3.8, 4) is 11.5 Å². The van der Waals surface area contributed by atoms with Crippen molar-refractivity contribution < 1.29 is 27.5 Å². The number of rotatable bonds is 15. The fourth-order valence-electron chi connectivity index (χ4n) is 4.55. The highest BCUT2D eigenvalue weighted by atomic mass is 32.2. The summed E-state index contributed by atoms with van der Waals surface area (Å²) in [5.41, 5.74) is 1.96. The molecule has 3 aromatic carbocycles. The average Bonchev–Trinajstić information content (AvgIpc) is 2.99. The summed E-state index contributed by atoms with van der Waals surface area (Å²) < 4.78 is 40.1. The van der Waals surface area contributed by atoms with E-state index in [1.165, 1.54) is 17.0 Å². The first kappa shape index (κ1) is 33.5. The average molecular weight is 610 g/mol. The van der Waals surface area contributed by atoms with Crippen molar-refractivity contribution in [1.29, 1.82) is 0 Å². The number of carbonyl (C=O) groups is 2. The number of aryl methyl sites for hydroxylation is 1. The van der Waals surface area contributed by atoms with Gasteiger partial charge in [-0.05, 0) is 80.3 Å². The monoisotopic (exact) mass is 609 g/mol. The third-order valence-electron chi connectivity index (χ3n) is 6.88. The minimum absolute atomic E-state index is 0.0563. The second-order valence-electron chi connectivity index (χ2n) is 10.7. The number of hydrogen-bond donors (Lipinski definition) is 1. The summed E-state index contributed by atoms with van der Waals surface area (Å²) in [4.78, 5) is 29.1. The van der Waals surface area contributed by atoms with E-state index in [-0.39, 0.29) is 23.3 Å². The van der Waals surface area contributed by atoms with Crippen LogP contribution in [-0.2, 0) is 26.2 Å². The lowest BCUT2D eigenvalue weighted by Crippen LogP contribution is -2.52. The molecule has 3 aromatic rings. The van der Waals surface area contributed by atoms with Gasteiger partial charge in [0.25, 0.3) is 10.0 Å². The molecule has 0 aliphatic carbocycles. The standard InChI is InChI=1S/C33H43N3O6S/c1-7-31(33(38)34-21-24(3)4)35(22-26-10-9-11-29(20-26)41-6)32(37)23-36(27-14-16-28(17-15-27)42-8-2)43(39,40)30-18-12-25(5)13-19-30/h9-20,24,31H,7-8,21-23H2,1-6H3,(H,34,38). The molecule has 0 saturated carbocycles. The number of anilines is 1. The Morgan fingerprint density at radius 3 is 2.19 bits per heavy atom. The van der Waals surface area contributed by atoms with Gasteiger partial charge in [0.1, 0.15) is 24.1 Å². The zero-order valence-electron chi connectivity index (χ0n) is 25.9. The van der Waals surface area contributed by atoms with Crippen LogP contribution in [0.5, 0.6) is 11.5 Å². The molecular weight excluding hydrogens is 566 g/mol. The van der Waals surface area contributed by atoms with Crippen molar-refractivity contribution in [2.24, 2.45) is 5.92 Å². The molecule has 1 atom stereocenters. The van der Waals surface area contributed by atoms with Crippen LogP contribution in [0.4, 0.5) is 5.69 Å². The van der Waals surface area contributed by atoms with E-state index in [4.69, 9.17) is 9.47 Å². The van der Waals surface area contributed by atoms with Crippen LogP contribution in [0.25, 0.3) is 0 Å². The Bertz CT molecular complexity index is 1460. The van der Waals surface area contributed by atoms with E-state index in [0.717, 1.165) is 15.4 Å². The van der Waals surface area contributed by atoms with Gasteiger partial charge in [-0.2, -0.15) is 0 Å². The normalized spacial score (nSPS) is 12.0. The summed E-state index contributed by atoms with van der Waals surface area (Å²) in [5, 5.41) is 2.94. The van der Waals surface area contributed by atoms with Crippen molar-refractivity contribution in [2.75, 3.05) is 31.1 Å². The molecular formula is C33H43N3O6S. The smallest absolute Gasteiger partial charge is 0.264 e. The molecule has 43 heavy (non-hydrogen) atoms. The van der Waals surface area contributed by atoms with Crippen molar-refractivity contribution in [1.82, 2.24) is 10.2 Å². The predicted molar refractivity (Wildman–Crippen MR) is 169 cm³/mol. The molecule has 0 radical (unpaired) electrons. The number of nitrogens with one attached hydrogen (secondary N) is 1. The lowest BCUT2D eigenvalue weighted by Gasteiger charge is -2.33. The van der Waals surface area contributed by atoms with E-state index in [1.54, 1.807) is 55.6 Å². The summed E-state index contributed by atoms with van der Waals surface area (Å²) in [7, 11) is -2.60. The van der Waals surface area contributed by atoms with Crippen LogP contribution < -0.4 is 19.1 Å². The first-order valence-electron chi connectivity index (χ1n) is 14.5. The molecule has 0 aliphatic rings. The van der Waals surface area contributed by atoms with Crippen LogP contribution in [0.3, 0.4) is 0 Å². The van der Waals surface area contributed by atoms with E-state index in [2.05, 4.69) is 5.32 Å². The number of carbonyl (C=O) groups excluding carboxylic acids is 2. The Hall–Kier alpha value is -4.05. The molecule has 0 heterocycles. The van der Waals surface area contributed by atoms with Gasteiger partial charge in [0.15, 0.2) is 0 Å². The Morgan fingerprint density at radius 2 is 1.60 bits per heavy atom. The molecule has 0 aliphatic heterocycles. The van der Waals surface area contributed by atoms with Gasteiger partial charge >= 0.3 is 0 Å². The maximum absolute atomic E-state index is 14.2.